The fourth-order valence-corrected chi connectivity index (χ4v) is 2.20. The molecule has 5 heteroatoms. The average Bonchev–Trinajstić information content (AvgIpc) is 2.89. The lowest BCUT2D eigenvalue weighted by molar-refractivity contribution is 0.0573. The molecule has 0 fully saturated rings. The van der Waals surface area contributed by atoms with Crippen LogP contribution in [0.15, 0.2) is 28.7 Å². The van der Waals surface area contributed by atoms with Crippen molar-refractivity contribution in [2.24, 2.45) is 17.7 Å². The zero-order valence-corrected chi connectivity index (χ0v) is 11.1. The highest BCUT2D eigenvalue weighted by Gasteiger charge is 2.18. The SMILES string of the molecule is CC1CC=CCC1COCc1ccc(C(=O)NN)o1. The highest BCUT2D eigenvalue weighted by molar-refractivity contribution is 5.90. The number of carbonyl (C=O) groups excluding carboxylic acids is 1. The number of hydrogen-bond acceptors (Lipinski definition) is 4. The van der Waals surface area contributed by atoms with Crippen molar-refractivity contribution in [3.63, 3.8) is 0 Å². The minimum absolute atomic E-state index is 0.204. The van der Waals surface area contributed by atoms with Crippen LogP contribution in [0.5, 0.6) is 0 Å². The number of hydrogen-bond donors (Lipinski definition) is 2. The second-order valence-electron chi connectivity index (χ2n) is 4.93. The zero-order valence-electron chi connectivity index (χ0n) is 11.1. The van der Waals surface area contributed by atoms with E-state index in [1.165, 1.54) is 0 Å². The van der Waals surface area contributed by atoms with Crippen molar-refractivity contribution in [3.05, 3.63) is 35.8 Å². The molecule has 1 heterocycles. The number of nitrogens with two attached hydrogens (primary N) is 1. The molecule has 3 N–H and O–H groups in total. The minimum Gasteiger partial charge on any atom is -0.453 e. The van der Waals surface area contributed by atoms with Crippen LogP contribution in [-0.2, 0) is 11.3 Å². The van der Waals surface area contributed by atoms with E-state index in [0.29, 0.717) is 30.8 Å². The average molecular weight is 264 g/mol. The molecule has 2 atom stereocenters. The molecule has 19 heavy (non-hydrogen) atoms. The quantitative estimate of drug-likeness (QED) is 0.369. The molecule has 0 bridgehead atoms. The van der Waals surface area contributed by atoms with E-state index >= 15 is 0 Å². The number of allylic oxidation sites excluding steroid dienone is 2. The molecule has 1 amide bonds. The summed E-state index contributed by atoms with van der Waals surface area (Å²) in [7, 11) is 0. The number of ether oxygens (including phenoxy) is 1. The van der Waals surface area contributed by atoms with E-state index in [0.717, 1.165) is 12.8 Å². The Morgan fingerprint density at radius 3 is 3.00 bits per heavy atom. The number of amides is 1. The van der Waals surface area contributed by atoms with Crippen LogP contribution >= 0.6 is 0 Å². The van der Waals surface area contributed by atoms with Gasteiger partial charge in [0.1, 0.15) is 12.4 Å². The Hall–Kier alpha value is -1.59. The molecule has 1 aliphatic carbocycles. The van der Waals surface area contributed by atoms with E-state index in [9.17, 15) is 4.79 Å². The monoisotopic (exact) mass is 264 g/mol. The molecule has 5 nitrogen and oxygen atoms in total. The van der Waals surface area contributed by atoms with E-state index in [2.05, 4.69) is 19.1 Å². The molecule has 0 spiro atoms. The number of nitrogens with one attached hydrogen (secondary N) is 1. The number of hydrazine groups is 1. The van der Waals surface area contributed by atoms with E-state index in [1.807, 2.05) is 5.43 Å². The topological polar surface area (TPSA) is 77.5 Å². The van der Waals surface area contributed by atoms with Crippen molar-refractivity contribution >= 4 is 5.91 Å². The van der Waals surface area contributed by atoms with Gasteiger partial charge in [0, 0.05) is 0 Å². The van der Waals surface area contributed by atoms with Crippen LogP contribution in [0.25, 0.3) is 0 Å². The molecule has 1 aromatic heterocycles. The molecule has 0 radical (unpaired) electrons. The summed E-state index contributed by atoms with van der Waals surface area (Å²) in [5.41, 5.74) is 2.03. The molecular weight excluding hydrogens is 244 g/mol. The van der Waals surface area contributed by atoms with Gasteiger partial charge in [0.25, 0.3) is 0 Å². The zero-order chi connectivity index (χ0) is 13.7. The highest BCUT2D eigenvalue weighted by Crippen LogP contribution is 2.25. The normalized spacial score (nSPS) is 22.4. The van der Waals surface area contributed by atoms with Crippen LogP contribution in [-0.4, -0.2) is 12.5 Å². The van der Waals surface area contributed by atoms with Crippen LogP contribution in [0.2, 0.25) is 0 Å². The Morgan fingerprint density at radius 1 is 1.47 bits per heavy atom. The fraction of sp³-hybridized carbons (Fsp3) is 0.500. The maximum atomic E-state index is 11.2. The van der Waals surface area contributed by atoms with Gasteiger partial charge in [0.15, 0.2) is 5.76 Å². The molecule has 0 aromatic carbocycles. The van der Waals surface area contributed by atoms with Gasteiger partial charge in [0.05, 0.1) is 6.61 Å². The lowest BCUT2D eigenvalue weighted by Gasteiger charge is -2.24. The maximum Gasteiger partial charge on any atom is 0.300 e. The maximum absolute atomic E-state index is 11.2. The van der Waals surface area contributed by atoms with Crippen molar-refractivity contribution in [3.8, 4) is 0 Å². The number of nitrogen functional groups attached to an aromatic ring is 1. The van der Waals surface area contributed by atoms with Gasteiger partial charge in [0.2, 0.25) is 0 Å². The Balaban J connectivity index is 1.78. The Kier molecular flexibility index (Phi) is 4.76. The van der Waals surface area contributed by atoms with Crippen LogP contribution < -0.4 is 11.3 Å². The second-order valence-corrected chi connectivity index (χ2v) is 4.93. The molecule has 2 rings (SSSR count). The Bertz CT molecular complexity index is 453. The van der Waals surface area contributed by atoms with E-state index in [1.54, 1.807) is 12.1 Å². The summed E-state index contributed by atoms with van der Waals surface area (Å²) in [4.78, 5) is 11.2. The van der Waals surface area contributed by atoms with Crippen molar-refractivity contribution in [1.82, 2.24) is 5.43 Å². The smallest absolute Gasteiger partial charge is 0.300 e. The highest BCUT2D eigenvalue weighted by atomic mass is 16.5. The first-order valence-corrected chi connectivity index (χ1v) is 6.53. The predicted octanol–water partition coefficient (Wildman–Crippen LogP) is 2.00. The molecule has 1 aromatic rings. The third kappa shape index (κ3) is 3.68. The standard InChI is InChI=1S/C14H20N2O3/c1-10-4-2-3-5-11(10)8-18-9-12-6-7-13(19-12)14(17)16-15/h2-3,6-7,10-11H,4-5,8-9,15H2,1H3,(H,16,17). The molecule has 1 aliphatic rings. The third-order valence-corrected chi connectivity index (χ3v) is 3.51. The van der Waals surface area contributed by atoms with E-state index in [4.69, 9.17) is 15.0 Å². The van der Waals surface area contributed by atoms with E-state index in [-0.39, 0.29) is 5.76 Å². The first kappa shape index (κ1) is 13.8. The Labute approximate surface area is 112 Å². The predicted molar refractivity (Wildman–Crippen MR) is 71.0 cm³/mol. The van der Waals surface area contributed by atoms with Crippen LogP contribution in [0.4, 0.5) is 0 Å². The summed E-state index contributed by atoms with van der Waals surface area (Å²) >= 11 is 0. The van der Waals surface area contributed by atoms with Gasteiger partial charge >= 0.3 is 5.91 Å². The van der Waals surface area contributed by atoms with Gasteiger partial charge in [-0.05, 0) is 36.8 Å². The number of carbonyl (C=O) groups is 1. The summed E-state index contributed by atoms with van der Waals surface area (Å²) in [5, 5.41) is 0. The van der Waals surface area contributed by atoms with Crippen molar-refractivity contribution in [2.75, 3.05) is 6.61 Å². The fourth-order valence-electron chi connectivity index (χ4n) is 2.20. The molecule has 0 saturated heterocycles. The molecular formula is C14H20N2O3. The van der Waals surface area contributed by atoms with Gasteiger partial charge in [-0.15, -0.1) is 0 Å². The first-order valence-electron chi connectivity index (χ1n) is 6.53. The van der Waals surface area contributed by atoms with Crippen LogP contribution in [0, 0.1) is 11.8 Å². The lowest BCUT2D eigenvalue weighted by atomic mass is 9.85. The molecule has 0 aliphatic heterocycles. The van der Waals surface area contributed by atoms with Crippen LogP contribution in [0.3, 0.4) is 0 Å². The third-order valence-electron chi connectivity index (χ3n) is 3.51. The van der Waals surface area contributed by atoms with Crippen molar-refractivity contribution in [1.29, 1.82) is 0 Å². The number of rotatable bonds is 5. The van der Waals surface area contributed by atoms with Crippen molar-refractivity contribution in [2.45, 2.75) is 26.4 Å². The summed E-state index contributed by atoms with van der Waals surface area (Å²) in [6.45, 7) is 3.34. The van der Waals surface area contributed by atoms with E-state index < -0.39 is 5.91 Å². The van der Waals surface area contributed by atoms with Crippen molar-refractivity contribution < 1.29 is 13.9 Å². The van der Waals surface area contributed by atoms with Gasteiger partial charge < -0.3 is 9.15 Å². The summed E-state index contributed by atoms with van der Waals surface area (Å²) in [5.74, 6) is 6.65. The second kappa shape index (κ2) is 6.54. The van der Waals surface area contributed by atoms with Gasteiger partial charge in [-0.25, -0.2) is 5.84 Å². The first-order chi connectivity index (χ1) is 9.20. The van der Waals surface area contributed by atoms with Gasteiger partial charge in [-0.1, -0.05) is 19.1 Å². The molecule has 104 valence electrons. The minimum atomic E-state index is -0.433. The summed E-state index contributed by atoms with van der Waals surface area (Å²) < 4.78 is 11.0. The largest absolute Gasteiger partial charge is 0.453 e. The Morgan fingerprint density at radius 2 is 2.26 bits per heavy atom. The molecule has 0 saturated carbocycles. The van der Waals surface area contributed by atoms with Gasteiger partial charge in [-0.3, -0.25) is 10.2 Å². The van der Waals surface area contributed by atoms with Gasteiger partial charge in [-0.2, -0.15) is 0 Å². The van der Waals surface area contributed by atoms with Crippen LogP contribution in [0.1, 0.15) is 36.1 Å². The summed E-state index contributed by atoms with van der Waals surface area (Å²) in [6, 6.07) is 3.32. The lowest BCUT2D eigenvalue weighted by Crippen LogP contribution is -2.29. The molecule has 2 unspecified atom stereocenters. The summed E-state index contributed by atoms with van der Waals surface area (Å²) in [6.07, 6.45) is 6.63. The number of furan rings is 1.